The molecular formula is C12H13N3O2. The molecule has 1 aliphatic rings. The molecule has 0 aromatic carbocycles. The summed E-state index contributed by atoms with van der Waals surface area (Å²) in [7, 11) is 0. The predicted octanol–water partition coefficient (Wildman–Crippen LogP) is 1.25. The van der Waals surface area contributed by atoms with E-state index >= 15 is 0 Å². The molecule has 1 N–H and O–H groups in total. The zero-order valence-electron chi connectivity index (χ0n) is 9.55. The first kappa shape index (κ1) is 11.4. The first-order valence-electron chi connectivity index (χ1n) is 5.40. The number of carboxylic acid groups (broad SMARTS) is 1. The molecule has 0 bridgehead atoms. The number of pyridine rings is 1. The largest absolute Gasteiger partial charge is 0.481 e. The molecule has 2 heterocycles. The van der Waals surface area contributed by atoms with Gasteiger partial charge in [-0.3, -0.25) is 4.79 Å². The molecule has 1 saturated heterocycles. The Kier molecular flexibility index (Phi) is 2.72. The summed E-state index contributed by atoms with van der Waals surface area (Å²) in [5.74, 6) is -0.214. The van der Waals surface area contributed by atoms with E-state index in [-0.39, 0.29) is 0 Å². The SMILES string of the molecule is CC1(C(=O)O)CCN(c2ncccc2C#N)C1. The van der Waals surface area contributed by atoms with Gasteiger partial charge in [0.05, 0.1) is 11.0 Å². The summed E-state index contributed by atoms with van der Waals surface area (Å²) in [4.78, 5) is 17.2. The zero-order chi connectivity index (χ0) is 12.5. The lowest BCUT2D eigenvalue weighted by Gasteiger charge is -2.21. The highest BCUT2D eigenvalue weighted by Crippen LogP contribution is 2.33. The van der Waals surface area contributed by atoms with E-state index in [0.717, 1.165) is 0 Å². The first-order chi connectivity index (χ1) is 8.07. The molecule has 0 saturated carbocycles. The quantitative estimate of drug-likeness (QED) is 0.829. The molecule has 1 aromatic heterocycles. The van der Waals surface area contributed by atoms with E-state index in [2.05, 4.69) is 11.1 Å². The highest BCUT2D eigenvalue weighted by molar-refractivity contribution is 5.76. The molecule has 1 unspecified atom stereocenters. The van der Waals surface area contributed by atoms with Crippen LogP contribution in [-0.2, 0) is 4.79 Å². The summed E-state index contributed by atoms with van der Waals surface area (Å²) in [6, 6.07) is 5.47. The van der Waals surface area contributed by atoms with Gasteiger partial charge in [-0.05, 0) is 25.5 Å². The van der Waals surface area contributed by atoms with E-state index in [1.54, 1.807) is 25.3 Å². The second-order valence-corrected chi connectivity index (χ2v) is 4.52. The van der Waals surface area contributed by atoms with Gasteiger partial charge < -0.3 is 10.0 Å². The molecular weight excluding hydrogens is 218 g/mol. The predicted molar refractivity (Wildman–Crippen MR) is 61.5 cm³/mol. The number of hydrogen-bond acceptors (Lipinski definition) is 4. The van der Waals surface area contributed by atoms with Crippen molar-refractivity contribution in [2.45, 2.75) is 13.3 Å². The van der Waals surface area contributed by atoms with Crippen LogP contribution in [0.2, 0.25) is 0 Å². The minimum absolute atomic E-state index is 0.397. The van der Waals surface area contributed by atoms with Gasteiger partial charge in [0, 0.05) is 19.3 Å². The molecule has 1 aromatic rings. The van der Waals surface area contributed by atoms with E-state index in [9.17, 15) is 4.79 Å². The number of hydrogen-bond donors (Lipinski definition) is 1. The number of carbonyl (C=O) groups is 1. The van der Waals surface area contributed by atoms with Crippen LogP contribution >= 0.6 is 0 Å². The van der Waals surface area contributed by atoms with Crippen molar-refractivity contribution in [2.75, 3.05) is 18.0 Å². The van der Waals surface area contributed by atoms with Gasteiger partial charge in [-0.1, -0.05) is 0 Å². The van der Waals surface area contributed by atoms with Gasteiger partial charge in [0.25, 0.3) is 0 Å². The van der Waals surface area contributed by atoms with Gasteiger partial charge in [0.1, 0.15) is 11.9 Å². The molecule has 1 atom stereocenters. The summed E-state index contributed by atoms with van der Waals surface area (Å²) in [6.07, 6.45) is 2.19. The molecule has 0 radical (unpaired) electrons. The Morgan fingerprint density at radius 3 is 3.06 bits per heavy atom. The number of aromatic nitrogens is 1. The molecule has 1 aliphatic heterocycles. The van der Waals surface area contributed by atoms with Crippen molar-refractivity contribution in [1.82, 2.24) is 4.98 Å². The minimum atomic E-state index is -0.797. The van der Waals surface area contributed by atoms with Crippen molar-refractivity contribution in [3.05, 3.63) is 23.9 Å². The molecule has 0 amide bonds. The second-order valence-electron chi connectivity index (χ2n) is 4.52. The van der Waals surface area contributed by atoms with Crippen molar-refractivity contribution < 1.29 is 9.90 Å². The lowest BCUT2D eigenvalue weighted by Crippen LogP contribution is -2.32. The lowest BCUT2D eigenvalue weighted by molar-refractivity contribution is -0.146. The van der Waals surface area contributed by atoms with E-state index in [1.807, 2.05) is 4.90 Å². The topological polar surface area (TPSA) is 77.2 Å². The summed E-state index contributed by atoms with van der Waals surface area (Å²) in [5.41, 5.74) is -0.258. The zero-order valence-corrected chi connectivity index (χ0v) is 9.55. The smallest absolute Gasteiger partial charge is 0.311 e. The Hall–Kier alpha value is -2.09. The van der Waals surface area contributed by atoms with Crippen LogP contribution in [0.3, 0.4) is 0 Å². The average Bonchev–Trinajstić information content (AvgIpc) is 2.73. The number of rotatable bonds is 2. The fourth-order valence-corrected chi connectivity index (χ4v) is 2.05. The van der Waals surface area contributed by atoms with Crippen LogP contribution in [0.5, 0.6) is 0 Å². The van der Waals surface area contributed by atoms with Crippen LogP contribution in [0, 0.1) is 16.7 Å². The maximum atomic E-state index is 11.1. The van der Waals surface area contributed by atoms with Crippen LogP contribution in [0.1, 0.15) is 18.9 Å². The number of nitrogens with zero attached hydrogens (tertiary/aromatic N) is 3. The van der Waals surface area contributed by atoms with Crippen LogP contribution < -0.4 is 4.90 Å². The highest BCUT2D eigenvalue weighted by Gasteiger charge is 2.41. The molecule has 5 heteroatoms. The van der Waals surface area contributed by atoms with E-state index in [1.165, 1.54) is 0 Å². The first-order valence-corrected chi connectivity index (χ1v) is 5.40. The van der Waals surface area contributed by atoms with Crippen molar-refractivity contribution in [1.29, 1.82) is 5.26 Å². The Balaban J connectivity index is 2.27. The molecule has 2 rings (SSSR count). The van der Waals surface area contributed by atoms with Gasteiger partial charge in [-0.15, -0.1) is 0 Å². The summed E-state index contributed by atoms with van der Waals surface area (Å²) < 4.78 is 0. The highest BCUT2D eigenvalue weighted by atomic mass is 16.4. The standard InChI is InChI=1S/C12H13N3O2/c1-12(11(16)17)4-6-15(8-12)10-9(7-13)3-2-5-14-10/h2-3,5H,4,6,8H2,1H3,(H,16,17). The molecule has 88 valence electrons. The fraction of sp³-hybridized carbons (Fsp3) is 0.417. The van der Waals surface area contributed by atoms with Crippen LogP contribution in [-0.4, -0.2) is 29.1 Å². The second kappa shape index (κ2) is 4.06. The molecule has 0 aliphatic carbocycles. The number of nitriles is 1. The average molecular weight is 231 g/mol. The van der Waals surface area contributed by atoms with Gasteiger partial charge >= 0.3 is 5.97 Å². The lowest BCUT2D eigenvalue weighted by atomic mass is 9.90. The molecule has 17 heavy (non-hydrogen) atoms. The summed E-state index contributed by atoms with van der Waals surface area (Å²) in [6.45, 7) is 2.74. The van der Waals surface area contributed by atoms with Crippen molar-refractivity contribution in [3.8, 4) is 6.07 Å². The Labute approximate surface area is 99.3 Å². The van der Waals surface area contributed by atoms with Gasteiger partial charge in [-0.25, -0.2) is 4.98 Å². The van der Waals surface area contributed by atoms with Gasteiger partial charge in [0.2, 0.25) is 0 Å². The minimum Gasteiger partial charge on any atom is -0.481 e. The maximum Gasteiger partial charge on any atom is 0.311 e. The van der Waals surface area contributed by atoms with Crippen LogP contribution in [0.25, 0.3) is 0 Å². The third-order valence-corrected chi connectivity index (χ3v) is 3.20. The normalized spacial score (nSPS) is 23.4. The van der Waals surface area contributed by atoms with Gasteiger partial charge in [0.15, 0.2) is 0 Å². The molecule has 5 nitrogen and oxygen atoms in total. The summed E-state index contributed by atoms with van der Waals surface area (Å²) >= 11 is 0. The fourth-order valence-electron chi connectivity index (χ4n) is 2.05. The Bertz CT molecular complexity index is 495. The van der Waals surface area contributed by atoms with Crippen LogP contribution in [0.4, 0.5) is 5.82 Å². The summed E-state index contributed by atoms with van der Waals surface area (Å²) in [5, 5.41) is 18.1. The molecule has 1 fully saturated rings. The number of anilines is 1. The van der Waals surface area contributed by atoms with Crippen molar-refractivity contribution in [2.24, 2.45) is 5.41 Å². The monoisotopic (exact) mass is 231 g/mol. The number of aliphatic carboxylic acids is 1. The van der Waals surface area contributed by atoms with Gasteiger partial charge in [-0.2, -0.15) is 5.26 Å². The Morgan fingerprint density at radius 1 is 1.71 bits per heavy atom. The van der Waals surface area contributed by atoms with E-state index in [0.29, 0.717) is 30.9 Å². The third kappa shape index (κ3) is 1.94. The molecule has 0 spiro atoms. The third-order valence-electron chi connectivity index (χ3n) is 3.20. The Morgan fingerprint density at radius 2 is 2.47 bits per heavy atom. The maximum absolute atomic E-state index is 11.1. The number of carboxylic acids is 1. The van der Waals surface area contributed by atoms with Crippen molar-refractivity contribution in [3.63, 3.8) is 0 Å². The van der Waals surface area contributed by atoms with E-state index < -0.39 is 11.4 Å². The van der Waals surface area contributed by atoms with Crippen LogP contribution in [0.15, 0.2) is 18.3 Å². The van der Waals surface area contributed by atoms with E-state index in [4.69, 9.17) is 10.4 Å². The van der Waals surface area contributed by atoms with Crippen molar-refractivity contribution >= 4 is 11.8 Å².